The third-order valence-corrected chi connectivity index (χ3v) is 3.84. The van der Waals surface area contributed by atoms with E-state index >= 15 is 0 Å². The van der Waals surface area contributed by atoms with E-state index < -0.39 is 0 Å². The molecular formula is C12H21N3O2. The first-order valence-corrected chi connectivity index (χ1v) is 6.34. The molecule has 2 aliphatic heterocycles. The Kier molecular flexibility index (Phi) is 3.66. The van der Waals surface area contributed by atoms with Crippen LogP contribution in [0.4, 0.5) is 0 Å². The van der Waals surface area contributed by atoms with Gasteiger partial charge in [0.05, 0.1) is 6.04 Å². The lowest BCUT2D eigenvalue weighted by Crippen LogP contribution is -2.54. The summed E-state index contributed by atoms with van der Waals surface area (Å²) in [5, 5.41) is 0. The van der Waals surface area contributed by atoms with Gasteiger partial charge in [0, 0.05) is 33.1 Å². The van der Waals surface area contributed by atoms with Crippen LogP contribution in [-0.2, 0) is 9.59 Å². The van der Waals surface area contributed by atoms with E-state index in [1.807, 2.05) is 16.8 Å². The van der Waals surface area contributed by atoms with Crippen molar-refractivity contribution in [2.45, 2.75) is 25.8 Å². The molecule has 0 spiro atoms. The number of carbonyl (C=O) groups excluding carboxylic acids is 2. The van der Waals surface area contributed by atoms with Crippen LogP contribution in [0.2, 0.25) is 0 Å². The van der Waals surface area contributed by atoms with Crippen LogP contribution in [0.25, 0.3) is 0 Å². The van der Waals surface area contributed by atoms with Crippen molar-refractivity contribution in [1.29, 1.82) is 0 Å². The molecule has 0 bridgehead atoms. The van der Waals surface area contributed by atoms with E-state index in [9.17, 15) is 9.59 Å². The Morgan fingerprint density at radius 3 is 2.06 bits per heavy atom. The summed E-state index contributed by atoms with van der Waals surface area (Å²) >= 11 is 0. The summed E-state index contributed by atoms with van der Waals surface area (Å²) in [5.74, 6) is 0.350. The van der Waals surface area contributed by atoms with E-state index in [1.165, 1.54) is 0 Å². The lowest BCUT2D eigenvalue weighted by Gasteiger charge is -2.36. The molecule has 0 saturated carbocycles. The Morgan fingerprint density at radius 1 is 1.00 bits per heavy atom. The number of likely N-dealkylation sites (tertiary alicyclic amines) is 1. The number of piperazine rings is 1. The van der Waals surface area contributed by atoms with Crippen LogP contribution < -0.4 is 0 Å². The summed E-state index contributed by atoms with van der Waals surface area (Å²) in [4.78, 5) is 29.3. The van der Waals surface area contributed by atoms with Crippen molar-refractivity contribution >= 4 is 11.8 Å². The number of hydrogen-bond acceptors (Lipinski definition) is 3. The molecule has 96 valence electrons. The summed E-state index contributed by atoms with van der Waals surface area (Å²) in [6, 6.07) is 0.0684. The highest BCUT2D eigenvalue weighted by Crippen LogP contribution is 2.18. The van der Waals surface area contributed by atoms with E-state index in [0.29, 0.717) is 26.2 Å². The smallest absolute Gasteiger partial charge is 0.240 e. The van der Waals surface area contributed by atoms with Gasteiger partial charge < -0.3 is 9.80 Å². The molecule has 2 rings (SSSR count). The molecule has 0 radical (unpaired) electrons. The topological polar surface area (TPSA) is 43.9 Å². The molecular weight excluding hydrogens is 218 g/mol. The van der Waals surface area contributed by atoms with E-state index in [1.54, 1.807) is 6.92 Å². The maximum Gasteiger partial charge on any atom is 0.240 e. The second-order valence-electron chi connectivity index (χ2n) is 4.97. The Morgan fingerprint density at radius 2 is 1.59 bits per heavy atom. The molecule has 0 aromatic rings. The zero-order valence-corrected chi connectivity index (χ0v) is 10.7. The van der Waals surface area contributed by atoms with Gasteiger partial charge in [-0.25, -0.2) is 0 Å². The third-order valence-electron chi connectivity index (χ3n) is 3.84. The predicted octanol–water partition coefficient (Wildman–Crippen LogP) is -0.229. The van der Waals surface area contributed by atoms with Crippen molar-refractivity contribution < 1.29 is 9.59 Å². The van der Waals surface area contributed by atoms with Crippen LogP contribution in [0.1, 0.15) is 19.8 Å². The zero-order valence-electron chi connectivity index (χ0n) is 10.7. The van der Waals surface area contributed by atoms with Gasteiger partial charge >= 0.3 is 0 Å². The van der Waals surface area contributed by atoms with Crippen molar-refractivity contribution in [1.82, 2.24) is 14.7 Å². The van der Waals surface area contributed by atoms with Gasteiger partial charge in [-0.05, 0) is 26.4 Å². The van der Waals surface area contributed by atoms with Crippen molar-refractivity contribution in [2.75, 3.05) is 39.8 Å². The SMILES string of the molecule is CC(=O)N1CCN(C(=O)C2CCCN2C)CC1. The molecule has 2 heterocycles. The maximum absolute atomic E-state index is 12.3. The van der Waals surface area contributed by atoms with Crippen molar-refractivity contribution in [3.63, 3.8) is 0 Å². The van der Waals surface area contributed by atoms with E-state index in [4.69, 9.17) is 0 Å². The van der Waals surface area contributed by atoms with E-state index in [2.05, 4.69) is 4.90 Å². The first-order valence-electron chi connectivity index (χ1n) is 6.34. The first kappa shape index (κ1) is 12.4. The highest BCUT2D eigenvalue weighted by molar-refractivity contribution is 5.82. The second kappa shape index (κ2) is 5.04. The number of hydrogen-bond donors (Lipinski definition) is 0. The Hall–Kier alpha value is -1.10. The fraction of sp³-hybridized carbons (Fsp3) is 0.833. The van der Waals surface area contributed by atoms with Gasteiger partial charge in [0.1, 0.15) is 0 Å². The van der Waals surface area contributed by atoms with Crippen LogP contribution in [0, 0.1) is 0 Å². The van der Waals surface area contributed by atoms with Crippen LogP contribution in [0.15, 0.2) is 0 Å². The second-order valence-corrected chi connectivity index (χ2v) is 4.97. The molecule has 1 atom stereocenters. The summed E-state index contributed by atoms with van der Waals surface area (Å²) in [6.45, 7) is 5.33. The highest BCUT2D eigenvalue weighted by atomic mass is 16.2. The summed E-state index contributed by atoms with van der Waals surface area (Å²) in [5.41, 5.74) is 0. The summed E-state index contributed by atoms with van der Waals surface area (Å²) in [7, 11) is 2.02. The largest absolute Gasteiger partial charge is 0.339 e. The van der Waals surface area contributed by atoms with Gasteiger partial charge in [-0.2, -0.15) is 0 Å². The van der Waals surface area contributed by atoms with Gasteiger partial charge in [0.25, 0.3) is 0 Å². The quantitative estimate of drug-likeness (QED) is 0.635. The molecule has 2 fully saturated rings. The van der Waals surface area contributed by atoms with Gasteiger partial charge in [-0.3, -0.25) is 14.5 Å². The maximum atomic E-state index is 12.3. The highest BCUT2D eigenvalue weighted by Gasteiger charge is 2.32. The van der Waals surface area contributed by atoms with E-state index in [0.717, 1.165) is 19.4 Å². The standard InChI is InChI=1S/C12H21N3O2/c1-10(16)14-6-8-15(9-7-14)12(17)11-4-3-5-13(11)2/h11H,3-9H2,1-2H3. The normalized spacial score (nSPS) is 26.4. The van der Waals surface area contributed by atoms with Crippen LogP contribution >= 0.6 is 0 Å². The van der Waals surface area contributed by atoms with Crippen LogP contribution in [0.3, 0.4) is 0 Å². The van der Waals surface area contributed by atoms with Crippen molar-refractivity contribution in [3.8, 4) is 0 Å². The fourth-order valence-electron chi connectivity index (χ4n) is 2.67. The Labute approximate surface area is 102 Å². The lowest BCUT2D eigenvalue weighted by molar-refractivity contribution is -0.141. The van der Waals surface area contributed by atoms with E-state index in [-0.39, 0.29) is 17.9 Å². The minimum atomic E-state index is 0.0684. The first-order chi connectivity index (χ1) is 8.09. The molecule has 2 aliphatic rings. The zero-order chi connectivity index (χ0) is 12.4. The monoisotopic (exact) mass is 239 g/mol. The molecule has 1 unspecified atom stereocenters. The number of rotatable bonds is 1. The lowest BCUT2D eigenvalue weighted by atomic mass is 10.1. The number of carbonyl (C=O) groups is 2. The molecule has 0 aliphatic carbocycles. The Balaban J connectivity index is 1.88. The van der Waals surface area contributed by atoms with Crippen LogP contribution in [0.5, 0.6) is 0 Å². The average Bonchev–Trinajstić information content (AvgIpc) is 2.74. The molecule has 0 aromatic heterocycles. The summed E-state index contributed by atoms with van der Waals surface area (Å²) in [6.07, 6.45) is 2.09. The van der Waals surface area contributed by atoms with Crippen LogP contribution in [-0.4, -0.2) is 72.3 Å². The number of likely N-dealkylation sites (N-methyl/N-ethyl adjacent to an activating group) is 1. The summed E-state index contributed by atoms with van der Waals surface area (Å²) < 4.78 is 0. The fourth-order valence-corrected chi connectivity index (χ4v) is 2.67. The minimum Gasteiger partial charge on any atom is -0.339 e. The van der Waals surface area contributed by atoms with Gasteiger partial charge in [0.15, 0.2) is 0 Å². The minimum absolute atomic E-state index is 0.0684. The van der Waals surface area contributed by atoms with Gasteiger partial charge in [-0.1, -0.05) is 0 Å². The predicted molar refractivity (Wildman–Crippen MR) is 64.5 cm³/mol. The van der Waals surface area contributed by atoms with Crippen molar-refractivity contribution in [3.05, 3.63) is 0 Å². The third kappa shape index (κ3) is 2.60. The molecule has 0 N–H and O–H groups in total. The molecule has 17 heavy (non-hydrogen) atoms. The van der Waals surface area contributed by atoms with Gasteiger partial charge in [-0.15, -0.1) is 0 Å². The number of nitrogens with zero attached hydrogens (tertiary/aromatic N) is 3. The Bertz CT molecular complexity index is 311. The van der Waals surface area contributed by atoms with Gasteiger partial charge in [0.2, 0.25) is 11.8 Å². The number of amides is 2. The molecule has 5 nitrogen and oxygen atoms in total. The molecule has 2 amide bonds. The van der Waals surface area contributed by atoms with Crippen molar-refractivity contribution in [2.24, 2.45) is 0 Å². The molecule has 0 aromatic carbocycles. The molecule has 5 heteroatoms. The molecule has 2 saturated heterocycles. The average molecular weight is 239 g/mol.